The van der Waals surface area contributed by atoms with Gasteiger partial charge in [-0.25, -0.2) is 9.59 Å². The van der Waals surface area contributed by atoms with Gasteiger partial charge in [0.1, 0.15) is 17.0 Å². The van der Waals surface area contributed by atoms with Gasteiger partial charge >= 0.3 is 12.2 Å². The summed E-state index contributed by atoms with van der Waals surface area (Å²) in [5, 5.41) is 19.1. The molecule has 1 fully saturated rings. The van der Waals surface area contributed by atoms with E-state index in [4.69, 9.17) is 9.47 Å². The third kappa shape index (κ3) is 5.32. The predicted octanol–water partition coefficient (Wildman–Crippen LogP) is 4.42. The van der Waals surface area contributed by atoms with E-state index in [9.17, 15) is 14.7 Å². The van der Waals surface area contributed by atoms with Gasteiger partial charge in [0.05, 0.1) is 24.0 Å². The number of fused-ring (bicyclic) bond motifs is 3. The molecule has 0 spiro atoms. The second kappa shape index (κ2) is 9.15. The van der Waals surface area contributed by atoms with Crippen LogP contribution in [0.5, 0.6) is 5.75 Å². The minimum atomic E-state index is -0.693. The number of hydrogen-bond acceptors (Lipinski definition) is 8. The van der Waals surface area contributed by atoms with Gasteiger partial charge < -0.3 is 24.4 Å². The van der Waals surface area contributed by atoms with Crippen molar-refractivity contribution in [3.05, 3.63) is 30.3 Å². The van der Waals surface area contributed by atoms with E-state index in [0.29, 0.717) is 35.9 Å². The Balaban J connectivity index is 1.73. The predicted molar refractivity (Wildman–Crippen MR) is 136 cm³/mol. The van der Waals surface area contributed by atoms with Gasteiger partial charge in [-0.05, 0) is 66.7 Å². The maximum absolute atomic E-state index is 13.2. The zero-order valence-electron chi connectivity index (χ0n) is 22.0. The van der Waals surface area contributed by atoms with Crippen LogP contribution in [0, 0.1) is 0 Å². The van der Waals surface area contributed by atoms with E-state index in [1.165, 1.54) is 4.90 Å². The number of carbonyl (C=O) groups is 2. The fraction of sp³-hybridized carbons (Fsp3) is 0.538. The highest BCUT2D eigenvalue weighted by Crippen LogP contribution is 2.40. The van der Waals surface area contributed by atoms with Gasteiger partial charge in [-0.2, -0.15) is 0 Å². The maximum Gasteiger partial charge on any atom is 0.416 e. The van der Waals surface area contributed by atoms with Crippen molar-refractivity contribution in [1.82, 2.24) is 15.1 Å². The summed E-state index contributed by atoms with van der Waals surface area (Å²) in [7, 11) is 0. The van der Waals surface area contributed by atoms with Crippen LogP contribution in [0.3, 0.4) is 0 Å². The van der Waals surface area contributed by atoms with Crippen LogP contribution in [-0.2, 0) is 9.47 Å². The number of rotatable bonds is 1. The Kier molecular flexibility index (Phi) is 6.49. The molecule has 3 heterocycles. The largest absolute Gasteiger partial charge is 0.507 e. The summed E-state index contributed by atoms with van der Waals surface area (Å²) in [6, 6.07) is 8.38. The molecule has 2 unspecified atom stereocenters. The van der Waals surface area contributed by atoms with Crippen LogP contribution in [0.2, 0.25) is 0 Å². The summed E-state index contributed by atoms with van der Waals surface area (Å²) in [4.78, 5) is 31.5. The monoisotopic (exact) mass is 497 g/mol. The molecule has 194 valence electrons. The molecule has 1 aromatic carbocycles. The molecule has 2 amide bonds. The van der Waals surface area contributed by atoms with E-state index in [-0.39, 0.29) is 30.5 Å². The number of carbonyl (C=O) groups excluding carboxylic acids is 2. The molecule has 2 aromatic rings. The van der Waals surface area contributed by atoms with E-state index in [1.807, 2.05) is 60.6 Å². The highest BCUT2D eigenvalue weighted by Gasteiger charge is 2.44. The van der Waals surface area contributed by atoms with Crippen LogP contribution >= 0.6 is 0 Å². The van der Waals surface area contributed by atoms with E-state index in [0.717, 1.165) is 0 Å². The Labute approximate surface area is 211 Å². The van der Waals surface area contributed by atoms with Crippen molar-refractivity contribution in [1.29, 1.82) is 0 Å². The average Bonchev–Trinajstić information content (AvgIpc) is 2.76. The summed E-state index contributed by atoms with van der Waals surface area (Å²) >= 11 is 0. The minimum Gasteiger partial charge on any atom is -0.507 e. The minimum absolute atomic E-state index is 0.0891. The molecular weight excluding hydrogens is 462 g/mol. The number of phenolic OH excluding ortho intramolecular Hbond substituents is 1. The number of phenols is 1. The molecule has 4 rings (SSSR count). The standard InChI is InChI=1S/C26H35N5O5/c1-16-13-30-17(14-29(16)23(33)35-25(2,3)4)15-31(24(34)36-26(5,6)7)22-20(30)12-19(27-28-22)18-10-8-9-11-21(18)32/h8-12,16-17,32H,13-15H2,1-7H3. The van der Waals surface area contributed by atoms with Crippen LogP contribution in [-0.4, -0.2) is 75.3 Å². The molecule has 0 aliphatic carbocycles. The zero-order valence-corrected chi connectivity index (χ0v) is 22.0. The lowest BCUT2D eigenvalue weighted by Gasteiger charge is -2.50. The van der Waals surface area contributed by atoms with Gasteiger partial charge in [0, 0.05) is 24.7 Å². The first-order valence-electron chi connectivity index (χ1n) is 12.2. The number of aromatic hydroxyl groups is 1. The number of para-hydroxylation sites is 1. The van der Waals surface area contributed by atoms with Gasteiger partial charge in [-0.1, -0.05) is 12.1 Å². The number of nitrogens with zero attached hydrogens (tertiary/aromatic N) is 5. The Bertz CT molecular complexity index is 1160. The first-order chi connectivity index (χ1) is 16.7. The average molecular weight is 498 g/mol. The van der Waals surface area contributed by atoms with E-state index in [1.54, 1.807) is 23.1 Å². The molecule has 1 N–H and O–H groups in total. The molecule has 0 saturated carbocycles. The summed E-state index contributed by atoms with van der Waals surface area (Å²) in [6.07, 6.45) is -0.914. The van der Waals surface area contributed by atoms with Gasteiger partial charge in [-0.15, -0.1) is 10.2 Å². The van der Waals surface area contributed by atoms with E-state index >= 15 is 0 Å². The number of benzene rings is 1. The number of amides is 2. The van der Waals surface area contributed by atoms with Crippen molar-refractivity contribution in [3.8, 4) is 17.0 Å². The van der Waals surface area contributed by atoms with Crippen LogP contribution in [0.1, 0.15) is 48.5 Å². The van der Waals surface area contributed by atoms with Gasteiger partial charge in [0.2, 0.25) is 0 Å². The lowest BCUT2D eigenvalue weighted by molar-refractivity contribution is 0.0124. The molecular formula is C26H35N5O5. The van der Waals surface area contributed by atoms with Gasteiger partial charge in [0.15, 0.2) is 5.82 Å². The SMILES string of the molecule is CC1CN2c3cc(-c4ccccc4O)nnc3N(C(=O)OC(C)(C)C)CC2CN1C(=O)OC(C)(C)C. The van der Waals surface area contributed by atoms with Crippen molar-refractivity contribution in [2.24, 2.45) is 0 Å². The quantitative estimate of drug-likeness (QED) is 0.617. The Morgan fingerprint density at radius 1 is 0.944 bits per heavy atom. The highest BCUT2D eigenvalue weighted by molar-refractivity contribution is 5.93. The fourth-order valence-corrected chi connectivity index (χ4v) is 4.44. The Morgan fingerprint density at radius 2 is 1.58 bits per heavy atom. The molecule has 2 aliphatic rings. The Hall–Kier alpha value is -3.56. The molecule has 0 bridgehead atoms. The smallest absolute Gasteiger partial charge is 0.416 e. The molecule has 1 saturated heterocycles. The summed E-state index contributed by atoms with van der Waals surface area (Å²) < 4.78 is 11.3. The number of ether oxygens (including phenoxy) is 2. The first-order valence-corrected chi connectivity index (χ1v) is 12.2. The summed E-state index contributed by atoms with van der Waals surface area (Å²) in [6.45, 7) is 14.1. The molecule has 36 heavy (non-hydrogen) atoms. The van der Waals surface area contributed by atoms with Crippen LogP contribution < -0.4 is 9.80 Å². The second-order valence-electron chi connectivity index (χ2n) is 11.3. The third-order valence-corrected chi connectivity index (χ3v) is 5.98. The van der Waals surface area contributed by atoms with Gasteiger partial charge in [-0.3, -0.25) is 4.90 Å². The number of piperazine rings is 1. The maximum atomic E-state index is 13.2. The zero-order chi connectivity index (χ0) is 26.4. The van der Waals surface area contributed by atoms with Crippen molar-refractivity contribution >= 4 is 23.7 Å². The fourth-order valence-electron chi connectivity index (χ4n) is 4.44. The second-order valence-corrected chi connectivity index (χ2v) is 11.3. The number of anilines is 2. The molecule has 2 aliphatic heterocycles. The topological polar surface area (TPSA) is 108 Å². The molecule has 2 atom stereocenters. The molecule has 0 radical (unpaired) electrons. The van der Waals surface area contributed by atoms with E-state index < -0.39 is 17.3 Å². The lowest BCUT2D eigenvalue weighted by Crippen LogP contribution is -2.65. The Morgan fingerprint density at radius 3 is 2.22 bits per heavy atom. The van der Waals surface area contributed by atoms with Crippen LogP contribution in [0.25, 0.3) is 11.3 Å². The van der Waals surface area contributed by atoms with Gasteiger partial charge in [0.25, 0.3) is 0 Å². The molecule has 10 nitrogen and oxygen atoms in total. The van der Waals surface area contributed by atoms with Crippen molar-refractivity contribution in [2.75, 3.05) is 29.4 Å². The first kappa shape index (κ1) is 25.5. The normalized spacial score (nSPS) is 19.9. The van der Waals surface area contributed by atoms with Crippen molar-refractivity contribution in [3.63, 3.8) is 0 Å². The summed E-state index contributed by atoms with van der Waals surface area (Å²) in [5.74, 6) is 0.476. The highest BCUT2D eigenvalue weighted by atomic mass is 16.6. The van der Waals surface area contributed by atoms with Crippen molar-refractivity contribution < 1.29 is 24.2 Å². The third-order valence-electron chi connectivity index (χ3n) is 5.98. The van der Waals surface area contributed by atoms with Crippen molar-refractivity contribution in [2.45, 2.75) is 71.8 Å². The summed E-state index contributed by atoms with van der Waals surface area (Å²) in [5.41, 5.74) is 0.415. The molecule has 10 heteroatoms. The molecule has 1 aromatic heterocycles. The van der Waals surface area contributed by atoms with Crippen LogP contribution in [0.15, 0.2) is 30.3 Å². The van der Waals surface area contributed by atoms with E-state index in [2.05, 4.69) is 15.1 Å². The number of aromatic nitrogens is 2. The van der Waals surface area contributed by atoms with Crippen LogP contribution in [0.4, 0.5) is 21.1 Å². The lowest BCUT2D eigenvalue weighted by atomic mass is 10.0. The number of hydrogen-bond donors (Lipinski definition) is 1.